The van der Waals surface area contributed by atoms with Gasteiger partial charge in [0.05, 0.1) is 14.1 Å². The molecule has 0 saturated heterocycles. The zero-order valence-corrected chi connectivity index (χ0v) is 21.5. The van der Waals surface area contributed by atoms with Crippen LogP contribution < -0.4 is 32.7 Å². The topological polar surface area (TPSA) is 81.1 Å². The number of carbonyl (C=O) groups is 2. The molecule has 0 fully saturated rings. The zero-order valence-electron chi connectivity index (χ0n) is 20.7. The van der Waals surface area contributed by atoms with Gasteiger partial charge in [-0.1, -0.05) is 72.8 Å². The van der Waals surface area contributed by atoms with Crippen LogP contribution in [0, 0.1) is 0 Å². The van der Waals surface area contributed by atoms with Crippen LogP contribution >= 0.6 is 0 Å². The highest BCUT2D eigenvalue weighted by molar-refractivity contribution is 5.85. The highest BCUT2D eigenvalue weighted by atomic mass is 35.5. The molecule has 0 radical (unpaired) electrons. The van der Waals surface area contributed by atoms with Crippen molar-refractivity contribution in [2.45, 2.75) is 25.6 Å². The molecule has 0 heterocycles. The first-order valence-corrected chi connectivity index (χ1v) is 11.8. The first-order valence-electron chi connectivity index (χ1n) is 11.8. The second kappa shape index (κ2) is 15.4. The Hall–Kier alpha value is -3.55. The fourth-order valence-electron chi connectivity index (χ4n) is 3.36. The third-order valence-corrected chi connectivity index (χ3v) is 5.36. The van der Waals surface area contributed by atoms with Gasteiger partial charge in [-0.15, -0.1) is 0 Å². The minimum Gasteiger partial charge on any atom is -1.00 e. The fraction of sp³-hybridized carbons (Fsp3) is 0.286. The molecule has 0 aliphatic heterocycles. The number of alkyl carbamates (subject to hydrolysis) is 1. The van der Waals surface area contributed by atoms with E-state index < -0.39 is 12.1 Å². The number of rotatable bonds is 12. The van der Waals surface area contributed by atoms with Crippen molar-refractivity contribution in [3.63, 3.8) is 0 Å². The lowest BCUT2D eigenvalue weighted by Gasteiger charge is -2.19. The van der Waals surface area contributed by atoms with Crippen molar-refractivity contribution in [2.75, 3.05) is 27.2 Å². The normalized spacial score (nSPS) is 11.2. The fourth-order valence-corrected chi connectivity index (χ4v) is 3.36. The van der Waals surface area contributed by atoms with Gasteiger partial charge in [-0.3, -0.25) is 4.79 Å². The molecule has 2 amide bonds. The second-order valence-corrected chi connectivity index (χ2v) is 8.62. The van der Waals surface area contributed by atoms with Gasteiger partial charge >= 0.3 is 6.09 Å². The van der Waals surface area contributed by atoms with Gasteiger partial charge in [0, 0.05) is 13.0 Å². The number of hydrogen-bond acceptors (Lipinski definition) is 4. The van der Waals surface area contributed by atoms with Gasteiger partial charge in [0.25, 0.3) is 0 Å². The number of amides is 2. The third kappa shape index (κ3) is 10.4. The molecule has 7 nitrogen and oxygen atoms in total. The van der Waals surface area contributed by atoms with Crippen LogP contribution in [0.25, 0.3) is 0 Å². The Labute approximate surface area is 219 Å². The smallest absolute Gasteiger partial charge is 0.408 e. The van der Waals surface area contributed by atoms with Crippen LogP contribution in [-0.2, 0) is 29.1 Å². The van der Waals surface area contributed by atoms with E-state index in [1.54, 1.807) is 0 Å². The quantitative estimate of drug-likeness (QED) is 0.302. The average molecular weight is 512 g/mol. The standard InChI is InChI=1S/C28H33N3O4.ClH/c1-31(2)17-18-34-25-15-13-22(14-16-25)19-26(27(32)29-20-23-9-5-3-6-10-23)30-28(33)35-21-24-11-7-4-8-12-24;/h3-16,26H,17-21H2,1-2H3,(H,29,32)(H,30,33);1H/t26-;/m0./s1. The molecule has 3 aromatic carbocycles. The van der Waals surface area contributed by atoms with Crippen LogP contribution in [0.5, 0.6) is 5.75 Å². The molecule has 3 rings (SSSR count). The van der Waals surface area contributed by atoms with Crippen molar-refractivity contribution in [1.82, 2.24) is 10.6 Å². The minimum absolute atomic E-state index is 0. The molecule has 3 aromatic rings. The first-order chi connectivity index (χ1) is 17.0. The summed E-state index contributed by atoms with van der Waals surface area (Å²) in [6.07, 6.45) is -0.316. The summed E-state index contributed by atoms with van der Waals surface area (Å²) < 4.78 is 11.1. The van der Waals surface area contributed by atoms with Gasteiger partial charge in [0.15, 0.2) is 0 Å². The molecular formula is C28H34ClN3O4. The highest BCUT2D eigenvalue weighted by Gasteiger charge is 2.22. The van der Waals surface area contributed by atoms with E-state index in [1.807, 2.05) is 84.9 Å². The molecule has 0 saturated carbocycles. The lowest BCUT2D eigenvalue weighted by molar-refractivity contribution is -0.858. The van der Waals surface area contributed by atoms with Gasteiger partial charge in [0.2, 0.25) is 5.91 Å². The molecule has 0 unspecified atom stereocenters. The van der Waals surface area contributed by atoms with Gasteiger partial charge in [-0.05, 0) is 28.8 Å². The molecule has 1 atom stereocenters. The summed E-state index contributed by atoms with van der Waals surface area (Å²) in [5.41, 5.74) is 2.75. The van der Waals surface area contributed by atoms with Crippen molar-refractivity contribution < 1.29 is 36.4 Å². The van der Waals surface area contributed by atoms with Crippen molar-refractivity contribution in [3.8, 4) is 5.75 Å². The Balaban J connectivity index is 0.00000456. The van der Waals surface area contributed by atoms with E-state index in [0.717, 1.165) is 29.0 Å². The van der Waals surface area contributed by atoms with E-state index in [-0.39, 0.29) is 24.9 Å². The number of hydrogen-bond donors (Lipinski definition) is 3. The maximum atomic E-state index is 13.0. The number of ether oxygens (including phenoxy) is 2. The summed E-state index contributed by atoms with van der Waals surface area (Å²) in [6, 6.07) is 25.8. The molecule has 0 spiro atoms. The van der Waals surface area contributed by atoms with Crippen LogP contribution in [-0.4, -0.2) is 45.3 Å². The van der Waals surface area contributed by atoms with E-state index in [9.17, 15) is 9.59 Å². The molecule has 0 aliphatic carbocycles. The number of carbonyl (C=O) groups excluding carboxylic acids is 2. The number of nitrogens with one attached hydrogen (secondary N) is 3. The van der Waals surface area contributed by atoms with Crippen LogP contribution in [0.2, 0.25) is 0 Å². The Bertz CT molecular complexity index is 1050. The summed E-state index contributed by atoms with van der Waals surface area (Å²) in [5.74, 6) is 0.495. The summed E-state index contributed by atoms with van der Waals surface area (Å²) in [7, 11) is 4.15. The van der Waals surface area contributed by atoms with Gasteiger partial charge in [-0.2, -0.15) is 0 Å². The summed E-state index contributed by atoms with van der Waals surface area (Å²) in [6.45, 7) is 2.03. The van der Waals surface area contributed by atoms with E-state index in [0.29, 0.717) is 19.6 Å². The SMILES string of the molecule is C[NH+](C)CCOc1ccc(C[C@H](NC(=O)OCc2ccccc2)C(=O)NCc2ccccc2)cc1.[Cl-]. The zero-order chi connectivity index (χ0) is 24.9. The van der Waals surface area contributed by atoms with Gasteiger partial charge < -0.3 is 37.4 Å². The van der Waals surface area contributed by atoms with Crippen molar-refractivity contribution in [1.29, 1.82) is 0 Å². The highest BCUT2D eigenvalue weighted by Crippen LogP contribution is 2.14. The lowest BCUT2D eigenvalue weighted by atomic mass is 10.0. The van der Waals surface area contributed by atoms with Crippen LogP contribution in [0.4, 0.5) is 4.79 Å². The number of quaternary nitrogens is 1. The number of benzene rings is 3. The predicted octanol–water partition coefficient (Wildman–Crippen LogP) is -0.632. The Morgan fingerprint density at radius 3 is 2.06 bits per heavy atom. The number of likely N-dealkylation sites (N-methyl/N-ethyl adjacent to an activating group) is 1. The maximum Gasteiger partial charge on any atom is 0.408 e. The van der Waals surface area contributed by atoms with E-state index >= 15 is 0 Å². The third-order valence-electron chi connectivity index (χ3n) is 5.36. The first kappa shape index (κ1) is 28.7. The monoisotopic (exact) mass is 511 g/mol. The average Bonchev–Trinajstić information content (AvgIpc) is 2.87. The van der Waals surface area contributed by atoms with Crippen LogP contribution in [0.15, 0.2) is 84.9 Å². The number of halogens is 1. The van der Waals surface area contributed by atoms with Gasteiger partial charge in [-0.25, -0.2) is 4.79 Å². The largest absolute Gasteiger partial charge is 1.00 e. The van der Waals surface area contributed by atoms with E-state index in [2.05, 4.69) is 24.7 Å². The summed E-state index contributed by atoms with van der Waals surface area (Å²) in [4.78, 5) is 26.8. The molecule has 8 heteroatoms. The lowest BCUT2D eigenvalue weighted by Crippen LogP contribution is -3.06. The van der Waals surface area contributed by atoms with Crippen LogP contribution in [0.3, 0.4) is 0 Å². The summed E-state index contributed by atoms with van der Waals surface area (Å²) in [5, 5.41) is 5.64. The molecule has 36 heavy (non-hydrogen) atoms. The van der Waals surface area contributed by atoms with Gasteiger partial charge in [0.1, 0.15) is 31.5 Å². The summed E-state index contributed by atoms with van der Waals surface area (Å²) >= 11 is 0. The van der Waals surface area contributed by atoms with E-state index in [1.165, 1.54) is 4.90 Å². The Morgan fingerprint density at radius 1 is 0.833 bits per heavy atom. The Kier molecular flexibility index (Phi) is 12.3. The molecule has 0 bridgehead atoms. The van der Waals surface area contributed by atoms with Crippen molar-refractivity contribution >= 4 is 12.0 Å². The van der Waals surface area contributed by atoms with E-state index in [4.69, 9.17) is 9.47 Å². The molecule has 3 N–H and O–H groups in total. The molecule has 192 valence electrons. The predicted molar refractivity (Wildman–Crippen MR) is 135 cm³/mol. The maximum absolute atomic E-state index is 13.0. The van der Waals surface area contributed by atoms with Crippen molar-refractivity contribution in [2.24, 2.45) is 0 Å². The molecular weight excluding hydrogens is 478 g/mol. The minimum atomic E-state index is -0.786. The second-order valence-electron chi connectivity index (χ2n) is 8.62. The molecule has 0 aromatic heterocycles. The van der Waals surface area contributed by atoms with Crippen molar-refractivity contribution in [3.05, 3.63) is 102 Å². The van der Waals surface area contributed by atoms with Crippen LogP contribution in [0.1, 0.15) is 16.7 Å². The Morgan fingerprint density at radius 2 is 1.44 bits per heavy atom. The molecule has 0 aliphatic rings.